The van der Waals surface area contributed by atoms with Gasteiger partial charge >= 0.3 is 0 Å². The van der Waals surface area contributed by atoms with Gasteiger partial charge in [0.1, 0.15) is 5.82 Å². The number of rotatable bonds is 3. The molecule has 0 saturated carbocycles. The minimum atomic E-state index is -0.325. The minimum Gasteiger partial charge on any atom is -0.379 e. The predicted molar refractivity (Wildman–Crippen MR) is 68.3 cm³/mol. The number of ether oxygens (including phenoxy) is 1. The highest BCUT2D eigenvalue weighted by molar-refractivity contribution is 5.27. The summed E-state index contributed by atoms with van der Waals surface area (Å²) in [6.45, 7) is 8.05. The summed E-state index contributed by atoms with van der Waals surface area (Å²) in [5.41, 5.74) is 7.75. The van der Waals surface area contributed by atoms with Gasteiger partial charge in [0.2, 0.25) is 0 Å². The average Bonchev–Trinajstić information content (AvgIpc) is 2.14. The van der Waals surface area contributed by atoms with Crippen molar-refractivity contribution in [2.24, 2.45) is 11.1 Å². The van der Waals surface area contributed by atoms with Gasteiger partial charge in [0.25, 0.3) is 0 Å². The quantitative estimate of drug-likeness (QED) is 0.879. The number of hydrogen-bond donors (Lipinski definition) is 1. The van der Waals surface area contributed by atoms with Crippen LogP contribution in [-0.2, 0) is 4.74 Å². The van der Waals surface area contributed by atoms with Crippen LogP contribution in [0, 0.1) is 18.2 Å². The molecule has 3 heteroatoms. The first-order valence-corrected chi connectivity index (χ1v) is 5.81. The molecular weight excluding hydrogens is 217 g/mol. The summed E-state index contributed by atoms with van der Waals surface area (Å²) in [5, 5.41) is 0. The minimum absolute atomic E-state index is 0.0889. The van der Waals surface area contributed by atoms with Gasteiger partial charge in [-0.1, -0.05) is 26.8 Å². The van der Waals surface area contributed by atoms with Crippen LogP contribution in [0.25, 0.3) is 0 Å². The van der Waals surface area contributed by atoms with Crippen LogP contribution < -0.4 is 5.73 Å². The molecule has 0 saturated heterocycles. The van der Waals surface area contributed by atoms with E-state index in [9.17, 15) is 4.39 Å². The maximum absolute atomic E-state index is 13.4. The molecule has 0 bridgehead atoms. The first-order chi connectivity index (χ1) is 7.75. The SMILES string of the molecule is COC(C(N)c1cc(C)cc(F)c1)C(C)(C)C. The summed E-state index contributed by atoms with van der Waals surface area (Å²) >= 11 is 0. The maximum atomic E-state index is 13.4. The zero-order valence-corrected chi connectivity index (χ0v) is 11.3. The monoisotopic (exact) mass is 239 g/mol. The number of nitrogens with two attached hydrogens (primary N) is 1. The summed E-state index contributed by atoms with van der Waals surface area (Å²) < 4.78 is 18.8. The van der Waals surface area contributed by atoms with E-state index in [1.54, 1.807) is 7.11 Å². The van der Waals surface area contributed by atoms with Gasteiger partial charge in [-0.05, 0) is 35.6 Å². The summed E-state index contributed by atoms with van der Waals surface area (Å²) in [6, 6.07) is 4.56. The molecule has 2 atom stereocenters. The van der Waals surface area contributed by atoms with Crippen molar-refractivity contribution in [3.05, 3.63) is 35.1 Å². The molecule has 1 aromatic carbocycles. The highest BCUT2D eigenvalue weighted by Gasteiger charge is 2.31. The fourth-order valence-electron chi connectivity index (χ4n) is 2.17. The van der Waals surface area contributed by atoms with E-state index in [0.29, 0.717) is 0 Å². The third kappa shape index (κ3) is 3.51. The Kier molecular flexibility index (Phi) is 4.28. The van der Waals surface area contributed by atoms with Gasteiger partial charge in [0.15, 0.2) is 0 Å². The van der Waals surface area contributed by atoms with E-state index in [1.165, 1.54) is 12.1 Å². The van der Waals surface area contributed by atoms with E-state index in [1.807, 2.05) is 13.0 Å². The third-order valence-corrected chi connectivity index (χ3v) is 2.88. The Morgan fingerprint density at radius 1 is 1.24 bits per heavy atom. The van der Waals surface area contributed by atoms with Gasteiger partial charge in [-0.25, -0.2) is 4.39 Å². The van der Waals surface area contributed by atoms with Gasteiger partial charge in [0, 0.05) is 7.11 Å². The lowest BCUT2D eigenvalue weighted by Crippen LogP contribution is -2.38. The third-order valence-electron chi connectivity index (χ3n) is 2.88. The molecule has 0 fully saturated rings. The lowest BCUT2D eigenvalue weighted by Gasteiger charge is -2.34. The van der Waals surface area contributed by atoms with E-state index in [2.05, 4.69) is 20.8 Å². The van der Waals surface area contributed by atoms with Crippen molar-refractivity contribution in [3.63, 3.8) is 0 Å². The maximum Gasteiger partial charge on any atom is 0.123 e. The molecule has 0 spiro atoms. The van der Waals surface area contributed by atoms with Crippen LogP contribution in [0.2, 0.25) is 0 Å². The predicted octanol–water partition coefficient (Wildman–Crippen LogP) is 3.20. The molecule has 17 heavy (non-hydrogen) atoms. The van der Waals surface area contributed by atoms with E-state index in [4.69, 9.17) is 10.5 Å². The van der Waals surface area contributed by atoms with Crippen molar-refractivity contribution in [2.45, 2.75) is 39.8 Å². The summed E-state index contributed by atoms with van der Waals surface area (Å²) in [4.78, 5) is 0. The summed E-state index contributed by atoms with van der Waals surface area (Å²) in [5.74, 6) is -0.251. The molecule has 0 aromatic heterocycles. The lowest BCUT2D eigenvalue weighted by atomic mass is 9.82. The number of methoxy groups -OCH3 is 1. The van der Waals surface area contributed by atoms with Crippen LogP contribution >= 0.6 is 0 Å². The molecule has 96 valence electrons. The van der Waals surface area contributed by atoms with Gasteiger partial charge in [-0.15, -0.1) is 0 Å². The molecular formula is C14H22FNO. The molecule has 0 amide bonds. The molecule has 0 aliphatic heterocycles. The molecule has 2 nitrogen and oxygen atoms in total. The van der Waals surface area contributed by atoms with Crippen molar-refractivity contribution >= 4 is 0 Å². The Labute approximate surface area is 103 Å². The molecule has 0 aliphatic rings. The Bertz CT molecular complexity index is 364. The first-order valence-electron chi connectivity index (χ1n) is 5.81. The molecule has 2 unspecified atom stereocenters. The molecule has 2 N–H and O–H groups in total. The Hall–Kier alpha value is -0.930. The van der Waals surface area contributed by atoms with Crippen LogP contribution in [0.5, 0.6) is 0 Å². The Morgan fingerprint density at radius 3 is 2.24 bits per heavy atom. The van der Waals surface area contributed by atoms with Crippen LogP contribution in [0.15, 0.2) is 18.2 Å². The van der Waals surface area contributed by atoms with E-state index in [-0.39, 0.29) is 23.4 Å². The number of benzene rings is 1. The largest absolute Gasteiger partial charge is 0.379 e. The van der Waals surface area contributed by atoms with Gasteiger partial charge in [0.05, 0.1) is 12.1 Å². The van der Waals surface area contributed by atoms with Gasteiger partial charge < -0.3 is 10.5 Å². The fourth-order valence-corrected chi connectivity index (χ4v) is 2.17. The number of halogens is 1. The van der Waals surface area contributed by atoms with Crippen molar-refractivity contribution in [3.8, 4) is 0 Å². The lowest BCUT2D eigenvalue weighted by molar-refractivity contribution is -0.00249. The first kappa shape index (κ1) is 14.1. The smallest absolute Gasteiger partial charge is 0.123 e. The van der Waals surface area contributed by atoms with Gasteiger partial charge in [-0.2, -0.15) is 0 Å². The number of hydrogen-bond acceptors (Lipinski definition) is 2. The summed E-state index contributed by atoms with van der Waals surface area (Å²) in [7, 11) is 1.64. The Morgan fingerprint density at radius 2 is 1.82 bits per heavy atom. The fraction of sp³-hybridized carbons (Fsp3) is 0.571. The average molecular weight is 239 g/mol. The molecule has 0 radical (unpaired) electrons. The normalized spacial score (nSPS) is 15.7. The van der Waals surface area contributed by atoms with Crippen LogP contribution in [0.4, 0.5) is 4.39 Å². The molecule has 0 aliphatic carbocycles. The van der Waals surface area contributed by atoms with Crippen LogP contribution in [0.3, 0.4) is 0 Å². The van der Waals surface area contributed by atoms with Crippen molar-refractivity contribution in [2.75, 3.05) is 7.11 Å². The molecule has 1 aromatic rings. The number of aryl methyl sites for hydroxylation is 1. The molecule has 1 rings (SSSR count). The van der Waals surface area contributed by atoms with Crippen molar-refractivity contribution in [1.29, 1.82) is 0 Å². The van der Waals surface area contributed by atoms with Crippen LogP contribution in [-0.4, -0.2) is 13.2 Å². The standard InChI is InChI=1S/C14H22FNO/c1-9-6-10(8-11(15)7-9)12(16)13(17-5)14(2,3)4/h6-8,12-13H,16H2,1-5H3. The zero-order chi connectivity index (χ0) is 13.2. The zero-order valence-electron chi connectivity index (χ0n) is 11.3. The van der Waals surface area contributed by atoms with E-state index >= 15 is 0 Å². The summed E-state index contributed by atoms with van der Waals surface area (Å²) in [6.07, 6.45) is -0.149. The van der Waals surface area contributed by atoms with E-state index < -0.39 is 0 Å². The van der Waals surface area contributed by atoms with E-state index in [0.717, 1.165) is 11.1 Å². The molecule has 0 heterocycles. The van der Waals surface area contributed by atoms with Crippen LogP contribution in [0.1, 0.15) is 37.9 Å². The highest BCUT2D eigenvalue weighted by Crippen LogP contribution is 2.31. The Balaban J connectivity index is 3.06. The second-order valence-electron chi connectivity index (χ2n) is 5.61. The second-order valence-corrected chi connectivity index (χ2v) is 5.61. The van der Waals surface area contributed by atoms with Crippen molar-refractivity contribution in [1.82, 2.24) is 0 Å². The van der Waals surface area contributed by atoms with Gasteiger partial charge in [-0.3, -0.25) is 0 Å². The topological polar surface area (TPSA) is 35.2 Å². The second kappa shape index (κ2) is 5.15. The highest BCUT2D eigenvalue weighted by atomic mass is 19.1. The van der Waals surface area contributed by atoms with Crippen molar-refractivity contribution < 1.29 is 9.13 Å².